The number of imidazole rings is 1. The Hall–Kier alpha value is -2.38. The molecule has 0 bridgehead atoms. The van der Waals surface area contributed by atoms with Gasteiger partial charge in [0, 0.05) is 30.4 Å². The number of fused-ring (bicyclic) bond motifs is 1. The maximum Gasteiger partial charge on any atom is 0.262 e. The van der Waals surface area contributed by atoms with E-state index in [-0.39, 0.29) is 5.56 Å². The van der Waals surface area contributed by atoms with Crippen molar-refractivity contribution in [1.29, 1.82) is 0 Å². The van der Waals surface area contributed by atoms with Gasteiger partial charge in [0.15, 0.2) is 5.16 Å². The molecule has 0 aliphatic heterocycles. The van der Waals surface area contributed by atoms with Crippen LogP contribution >= 0.6 is 23.1 Å². The summed E-state index contributed by atoms with van der Waals surface area (Å²) in [6.45, 7) is 5.72. The van der Waals surface area contributed by atoms with Crippen LogP contribution in [0.25, 0.3) is 10.2 Å². The average molecular weight is 425 g/mol. The Morgan fingerprint density at radius 2 is 2.00 bits per heavy atom. The first kappa shape index (κ1) is 19.9. The first-order valence-electron chi connectivity index (χ1n) is 9.89. The molecule has 5 nitrogen and oxygen atoms in total. The molecular weight excluding hydrogens is 400 g/mol. The summed E-state index contributed by atoms with van der Waals surface area (Å²) in [4.78, 5) is 24.7. The van der Waals surface area contributed by atoms with E-state index in [1.807, 2.05) is 41.2 Å². The van der Waals surface area contributed by atoms with Crippen molar-refractivity contribution in [1.82, 2.24) is 19.1 Å². The Bertz CT molecular complexity index is 1160. The van der Waals surface area contributed by atoms with Crippen LogP contribution in [0.5, 0.6) is 0 Å². The third kappa shape index (κ3) is 4.31. The molecule has 7 heteroatoms. The van der Waals surface area contributed by atoms with Crippen molar-refractivity contribution < 1.29 is 0 Å². The van der Waals surface area contributed by atoms with Gasteiger partial charge in [0.25, 0.3) is 5.56 Å². The molecule has 0 atom stereocenters. The van der Waals surface area contributed by atoms with Crippen LogP contribution in [-0.2, 0) is 31.7 Å². The summed E-state index contributed by atoms with van der Waals surface area (Å²) in [5.41, 5.74) is 1.28. The van der Waals surface area contributed by atoms with Crippen molar-refractivity contribution in [2.75, 3.05) is 0 Å². The summed E-state index contributed by atoms with van der Waals surface area (Å²) < 4.78 is 3.96. The molecular formula is C22H24N4OS2. The van der Waals surface area contributed by atoms with Crippen LogP contribution in [-0.4, -0.2) is 19.1 Å². The van der Waals surface area contributed by atoms with Crippen LogP contribution < -0.4 is 5.56 Å². The van der Waals surface area contributed by atoms with Gasteiger partial charge in [-0.2, -0.15) is 0 Å². The summed E-state index contributed by atoms with van der Waals surface area (Å²) in [5, 5.41) is 1.51. The lowest BCUT2D eigenvalue weighted by atomic mass is 10.1. The molecule has 29 heavy (non-hydrogen) atoms. The van der Waals surface area contributed by atoms with Crippen molar-refractivity contribution in [2.24, 2.45) is 0 Å². The number of benzene rings is 1. The van der Waals surface area contributed by atoms with Gasteiger partial charge in [0.1, 0.15) is 10.7 Å². The fraction of sp³-hybridized carbons (Fsp3) is 0.318. The van der Waals surface area contributed by atoms with Gasteiger partial charge in [-0.1, -0.05) is 49.0 Å². The highest BCUT2D eigenvalue weighted by atomic mass is 32.2. The zero-order valence-electron chi connectivity index (χ0n) is 16.7. The van der Waals surface area contributed by atoms with E-state index in [4.69, 9.17) is 4.98 Å². The van der Waals surface area contributed by atoms with Crippen LogP contribution in [0.15, 0.2) is 58.7 Å². The van der Waals surface area contributed by atoms with Gasteiger partial charge in [-0.15, -0.1) is 11.3 Å². The summed E-state index contributed by atoms with van der Waals surface area (Å²) in [6, 6.07) is 12.3. The quantitative estimate of drug-likeness (QED) is 0.302. The number of aromatic nitrogens is 4. The normalized spacial score (nSPS) is 11.4. The fourth-order valence-corrected chi connectivity index (χ4v) is 5.31. The molecule has 0 saturated heterocycles. The third-order valence-electron chi connectivity index (χ3n) is 4.96. The topological polar surface area (TPSA) is 52.7 Å². The van der Waals surface area contributed by atoms with Gasteiger partial charge in [0.2, 0.25) is 0 Å². The Morgan fingerprint density at radius 3 is 2.76 bits per heavy atom. The first-order valence-corrected chi connectivity index (χ1v) is 11.7. The predicted molar refractivity (Wildman–Crippen MR) is 121 cm³/mol. The van der Waals surface area contributed by atoms with Crippen molar-refractivity contribution in [2.45, 2.75) is 50.7 Å². The Labute approximate surface area is 178 Å². The lowest BCUT2D eigenvalue weighted by molar-refractivity contribution is 0.596. The molecule has 3 heterocycles. The lowest BCUT2D eigenvalue weighted by Gasteiger charge is -2.12. The van der Waals surface area contributed by atoms with E-state index < -0.39 is 0 Å². The Balaban J connectivity index is 1.68. The van der Waals surface area contributed by atoms with Crippen LogP contribution in [0.2, 0.25) is 0 Å². The van der Waals surface area contributed by atoms with Gasteiger partial charge in [-0.3, -0.25) is 9.36 Å². The third-order valence-corrected chi connectivity index (χ3v) is 7.10. The van der Waals surface area contributed by atoms with Crippen molar-refractivity contribution >= 4 is 33.3 Å². The highest BCUT2D eigenvalue weighted by Gasteiger charge is 2.15. The molecule has 4 aromatic rings. The molecule has 0 saturated carbocycles. The molecule has 0 spiro atoms. The van der Waals surface area contributed by atoms with Crippen LogP contribution in [0, 0.1) is 0 Å². The summed E-state index contributed by atoms with van der Waals surface area (Å²) >= 11 is 3.21. The number of hydrogen-bond acceptors (Lipinski definition) is 5. The van der Waals surface area contributed by atoms with Crippen LogP contribution in [0.1, 0.15) is 30.1 Å². The van der Waals surface area contributed by atoms with E-state index in [1.165, 1.54) is 10.4 Å². The monoisotopic (exact) mass is 424 g/mol. The standard InChI is InChI=1S/C22H24N4OS2/c1-3-17-14-18-20(29-17)24-22(28-15-19-23-11-13-25(19)4-2)26(21(18)27)12-10-16-8-6-5-7-9-16/h5-9,11,13-14H,3-4,10,12,15H2,1-2H3. The fourth-order valence-electron chi connectivity index (χ4n) is 3.31. The number of nitrogens with zero attached hydrogens (tertiary/aromatic N) is 4. The summed E-state index contributed by atoms with van der Waals surface area (Å²) in [5.74, 6) is 1.69. The van der Waals surface area contributed by atoms with Gasteiger partial charge >= 0.3 is 0 Å². The maximum atomic E-state index is 13.3. The van der Waals surface area contributed by atoms with Crippen molar-refractivity contribution in [3.63, 3.8) is 0 Å². The van der Waals surface area contributed by atoms with Gasteiger partial charge in [-0.25, -0.2) is 9.97 Å². The number of rotatable bonds is 8. The molecule has 150 valence electrons. The minimum Gasteiger partial charge on any atom is -0.335 e. The second-order valence-electron chi connectivity index (χ2n) is 6.79. The summed E-state index contributed by atoms with van der Waals surface area (Å²) in [6.07, 6.45) is 5.53. The zero-order valence-corrected chi connectivity index (χ0v) is 18.3. The van der Waals surface area contributed by atoms with Gasteiger partial charge in [0.05, 0.1) is 11.1 Å². The molecule has 0 aliphatic rings. The number of thioether (sulfide) groups is 1. The lowest BCUT2D eigenvalue weighted by Crippen LogP contribution is -2.24. The highest BCUT2D eigenvalue weighted by molar-refractivity contribution is 7.98. The minimum absolute atomic E-state index is 0.0585. The average Bonchev–Trinajstić information content (AvgIpc) is 3.38. The first-order chi connectivity index (χ1) is 14.2. The smallest absolute Gasteiger partial charge is 0.262 e. The molecule has 0 fully saturated rings. The number of hydrogen-bond donors (Lipinski definition) is 0. The van der Waals surface area contributed by atoms with E-state index in [9.17, 15) is 4.79 Å². The largest absolute Gasteiger partial charge is 0.335 e. The SMILES string of the molecule is CCc1cc2c(=O)n(CCc3ccccc3)c(SCc3nccn3CC)nc2s1. The second-order valence-corrected chi connectivity index (χ2v) is 8.85. The molecule has 0 unspecified atom stereocenters. The molecule has 3 aromatic heterocycles. The van der Waals surface area contributed by atoms with E-state index >= 15 is 0 Å². The van der Waals surface area contributed by atoms with E-state index in [1.54, 1.807) is 23.1 Å². The molecule has 0 radical (unpaired) electrons. The van der Waals surface area contributed by atoms with Gasteiger partial charge < -0.3 is 4.57 Å². The van der Waals surface area contributed by atoms with Crippen molar-refractivity contribution in [3.05, 3.63) is 75.4 Å². The maximum absolute atomic E-state index is 13.3. The van der Waals surface area contributed by atoms with Crippen LogP contribution in [0.3, 0.4) is 0 Å². The molecule has 1 aromatic carbocycles. The second kappa shape index (κ2) is 8.97. The van der Waals surface area contributed by atoms with E-state index in [0.29, 0.717) is 12.3 Å². The van der Waals surface area contributed by atoms with E-state index in [2.05, 4.69) is 35.5 Å². The molecule has 0 amide bonds. The Kier molecular flexibility index (Phi) is 6.16. The van der Waals surface area contributed by atoms with Gasteiger partial charge in [-0.05, 0) is 31.4 Å². The minimum atomic E-state index is 0.0585. The summed E-state index contributed by atoms with van der Waals surface area (Å²) in [7, 11) is 0. The molecule has 0 N–H and O–H groups in total. The number of aryl methyl sites for hydroxylation is 3. The predicted octanol–water partition coefficient (Wildman–Crippen LogP) is 4.77. The van der Waals surface area contributed by atoms with Crippen molar-refractivity contribution in [3.8, 4) is 0 Å². The molecule has 0 aliphatic carbocycles. The Morgan fingerprint density at radius 1 is 1.17 bits per heavy atom. The highest BCUT2D eigenvalue weighted by Crippen LogP contribution is 2.26. The molecule has 4 rings (SSSR count). The van der Waals surface area contributed by atoms with E-state index in [0.717, 1.165) is 40.6 Å². The van der Waals surface area contributed by atoms with Crippen LogP contribution in [0.4, 0.5) is 0 Å². The zero-order chi connectivity index (χ0) is 20.2. The number of thiophene rings is 1.